The molecule has 1 aromatic rings. The molecule has 144 valence electrons. The third-order valence-electron chi connectivity index (χ3n) is 3.91. The van der Waals surface area contributed by atoms with Crippen LogP contribution >= 0.6 is 0 Å². The predicted octanol–water partition coefficient (Wildman–Crippen LogP) is 1.54. The van der Waals surface area contributed by atoms with Gasteiger partial charge in [0, 0.05) is 25.6 Å². The summed E-state index contributed by atoms with van der Waals surface area (Å²) in [5.74, 6) is 2.71. The highest BCUT2D eigenvalue weighted by Crippen LogP contribution is 2.28. The second-order valence-corrected chi connectivity index (χ2v) is 6.32. The maximum atomic E-state index is 11.6. The van der Waals surface area contributed by atoms with Crippen molar-refractivity contribution in [2.45, 2.75) is 32.8 Å². The van der Waals surface area contributed by atoms with Crippen LogP contribution < -0.4 is 25.4 Å². The minimum atomic E-state index is -0.0616. The van der Waals surface area contributed by atoms with E-state index in [4.69, 9.17) is 9.47 Å². The number of carbonyl (C=O) groups excluding carboxylic acids is 1. The van der Waals surface area contributed by atoms with Crippen LogP contribution in [-0.2, 0) is 4.79 Å². The molecule has 1 saturated carbocycles. The first-order chi connectivity index (χ1) is 12.6. The van der Waals surface area contributed by atoms with E-state index in [1.54, 1.807) is 7.11 Å². The Morgan fingerprint density at radius 2 is 1.81 bits per heavy atom. The lowest BCUT2D eigenvalue weighted by molar-refractivity contribution is -0.122. The number of aliphatic imine (C=N–C) groups is 1. The summed E-state index contributed by atoms with van der Waals surface area (Å²) in [4.78, 5) is 16.1. The lowest BCUT2D eigenvalue weighted by Gasteiger charge is -2.15. The molecule has 0 heterocycles. The zero-order valence-electron chi connectivity index (χ0n) is 15.9. The molecule has 0 spiro atoms. The Balaban J connectivity index is 1.72. The Morgan fingerprint density at radius 3 is 2.42 bits per heavy atom. The van der Waals surface area contributed by atoms with Crippen molar-refractivity contribution in [1.82, 2.24) is 16.0 Å². The molecular weight excluding hydrogens is 332 g/mol. The van der Waals surface area contributed by atoms with Gasteiger partial charge >= 0.3 is 0 Å². The third kappa shape index (κ3) is 7.21. The molecule has 1 aliphatic carbocycles. The fourth-order valence-corrected chi connectivity index (χ4v) is 2.34. The van der Waals surface area contributed by atoms with Crippen LogP contribution in [0.5, 0.6) is 11.5 Å². The van der Waals surface area contributed by atoms with Crippen LogP contribution in [0.4, 0.5) is 0 Å². The summed E-state index contributed by atoms with van der Waals surface area (Å²) < 4.78 is 11.0. The average Bonchev–Trinajstić information content (AvgIpc) is 3.49. The number of amides is 1. The molecule has 1 fully saturated rings. The van der Waals surface area contributed by atoms with Crippen molar-refractivity contribution in [3.8, 4) is 11.5 Å². The van der Waals surface area contributed by atoms with E-state index in [0.29, 0.717) is 19.6 Å². The van der Waals surface area contributed by atoms with Gasteiger partial charge < -0.3 is 25.4 Å². The fourth-order valence-electron chi connectivity index (χ4n) is 2.34. The fraction of sp³-hybridized carbons (Fsp3) is 0.579. The standard InChI is InChI=1S/C19H30N4O3/c1-4-20-19(22-12-11-21-18(24)15-5-6-15)23-13-14(2)26-17-9-7-16(25-3)8-10-17/h7-10,14-15H,4-6,11-13H2,1-3H3,(H,21,24)(H2,20,22,23). The van der Waals surface area contributed by atoms with E-state index in [2.05, 4.69) is 20.9 Å². The number of hydrogen-bond acceptors (Lipinski definition) is 4. The summed E-state index contributed by atoms with van der Waals surface area (Å²) in [6.07, 6.45) is 1.98. The molecule has 0 saturated heterocycles. The summed E-state index contributed by atoms with van der Waals surface area (Å²) in [6, 6.07) is 7.50. The number of carbonyl (C=O) groups is 1. The van der Waals surface area contributed by atoms with Gasteiger partial charge in [-0.25, -0.2) is 4.99 Å². The summed E-state index contributed by atoms with van der Waals surface area (Å²) >= 11 is 0. The van der Waals surface area contributed by atoms with Gasteiger partial charge in [0.05, 0.1) is 13.7 Å². The number of guanidine groups is 1. The Hall–Kier alpha value is -2.44. The molecule has 1 amide bonds. The molecule has 2 rings (SSSR count). The number of ether oxygens (including phenoxy) is 2. The highest BCUT2D eigenvalue weighted by molar-refractivity contribution is 5.81. The molecule has 0 aromatic heterocycles. The molecule has 3 N–H and O–H groups in total. The van der Waals surface area contributed by atoms with E-state index in [1.165, 1.54) is 0 Å². The maximum Gasteiger partial charge on any atom is 0.223 e. The number of rotatable bonds is 10. The number of nitrogens with one attached hydrogen (secondary N) is 3. The van der Waals surface area contributed by atoms with E-state index < -0.39 is 0 Å². The van der Waals surface area contributed by atoms with Crippen molar-refractivity contribution in [2.24, 2.45) is 10.9 Å². The molecule has 0 bridgehead atoms. The Kier molecular flexibility index (Phi) is 8.05. The van der Waals surface area contributed by atoms with Crippen molar-refractivity contribution in [1.29, 1.82) is 0 Å². The van der Waals surface area contributed by atoms with Crippen molar-refractivity contribution < 1.29 is 14.3 Å². The highest BCUT2D eigenvalue weighted by atomic mass is 16.5. The highest BCUT2D eigenvalue weighted by Gasteiger charge is 2.28. The van der Waals surface area contributed by atoms with Crippen LogP contribution in [0.25, 0.3) is 0 Å². The van der Waals surface area contributed by atoms with Gasteiger partial charge in [0.2, 0.25) is 5.91 Å². The zero-order chi connectivity index (χ0) is 18.8. The Labute approximate surface area is 155 Å². The second kappa shape index (κ2) is 10.5. The summed E-state index contributed by atoms with van der Waals surface area (Å²) in [5.41, 5.74) is 0. The number of methoxy groups -OCH3 is 1. The second-order valence-electron chi connectivity index (χ2n) is 6.32. The van der Waals surface area contributed by atoms with E-state index in [0.717, 1.165) is 36.8 Å². The Bertz CT molecular complexity index is 585. The van der Waals surface area contributed by atoms with Crippen molar-refractivity contribution in [2.75, 3.05) is 33.3 Å². The van der Waals surface area contributed by atoms with Gasteiger partial charge in [-0.1, -0.05) is 0 Å². The first-order valence-corrected chi connectivity index (χ1v) is 9.23. The van der Waals surface area contributed by atoms with Gasteiger partial charge in [-0.15, -0.1) is 0 Å². The molecular formula is C19H30N4O3. The lowest BCUT2D eigenvalue weighted by Crippen LogP contribution is -2.42. The topological polar surface area (TPSA) is 84.0 Å². The van der Waals surface area contributed by atoms with Crippen LogP contribution in [0, 0.1) is 5.92 Å². The summed E-state index contributed by atoms with van der Waals surface area (Å²) in [5, 5.41) is 9.35. The third-order valence-corrected chi connectivity index (χ3v) is 3.91. The van der Waals surface area contributed by atoms with Crippen molar-refractivity contribution in [3.05, 3.63) is 24.3 Å². The minimum absolute atomic E-state index is 0.0616. The quantitative estimate of drug-likeness (QED) is 0.334. The van der Waals surface area contributed by atoms with Crippen LogP contribution in [0.2, 0.25) is 0 Å². The number of hydrogen-bond donors (Lipinski definition) is 3. The molecule has 0 radical (unpaired) electrons. The van der Waals surface area contributed by atoms with E-state index in [1.807, 2.05) is 38.1 Å². The van der Waals surface area contributed by atoms with Gasteiger partial charge in [0.1, 0.15) is 17.6 Å². The van der Waals surface area contributed by atoms with Crippen molar-refractivity contribution in [3.63, 3.8) is 0 Å². The normalized spacial score (nSPS) is 15.1. The van der Waals surface area contributed by atoms with E-state index in [-0.39, 0.29) is 17.9 Å². The van der Waals surface area contributed by atoms with Gasteiger partial charge in [0.25, 0.3) is 0 Å². The monoisotopic (exact) mass is 362 g/mol. The smallest absolute Gasteiger partial charge is 0.223 e. The van der Waals surface area contributed by atoms with Crippen molar-refractivity contribution >= 4 is 11.9 Å². The molecule has 1 aromatic carbocycles. The molecule has 7 heteroatoms. The van der Waals surface area contributed by atoms with Gasteiger partial charge in [0.15, 0.2) is 5.96 Å². The largest absolute Gasteiger partial charge is 0.497 e. The van der Waals surface area contributed by atoms with Crippen LogP contribution in [0.3, 0.4) is 0 Å². The van der Waals surface area contributed by atoms with Gasteiger partial charge in [-0.3, -0.25) is 4.79 Å². The SMILES string of the molecule is CCNC(=NCC(C)Oc1ccc(OC)cc1)NCCNC(=O)C1CC1. The van der Waals surface area contributed by atoms with E-state index >= 15 is 0 Å². The van der Waals surface area contributed by atoms with E-state index in [9.17, 15) is 4.79 Å². The maximum absolute atomic E-state index is 11.6. The average molecular weight is 362 g/mol. The Morgan fingerprint density at radius 1 is 1.15 bits per heavy atom. The molecule has 1 unspecified atom stereocenters. The lowest BCUT2D eigenvalue weighted by atomic mass is 10.3. The molecule has 1 atom stereocenters. The minimum Gasteiger partial charge on any atom is -0.497 e. The molecule has 0 aliphatic heterocycles. The molecule has 1 aliphatic rings. The number of nitrogens with zero attached hydrogens (tertiary/aromatic N) is 1. The van der Waals surface area contributed by atoms with Crippen LogP contribution in [0.1, 0.15) is 26.7 Å². The predicted molar refractivity (Wildman–Crippen MR) is 103 cm³/mol. The first-order valence-electron chi connectivity index (χ1n) is 9.23. The number of benzene rings is 1. The van der Waals surface area contributed by atoms with Crippen LogP contribution in [0.15, 0.2) is 29.3 Å². The first kappa shape index (κ1) is 19.9. The van der Waals surface area contributed by atoms with Gasteiger partial charge in [-0.2, -0.15) is 0 Å². The molecule has 26 heavy (non-hydrogen) atoms. The summed E-state index contributed by atoms with van der Waals surface area (Å²) in [6.45, 7) is 6.52. The summed E-state index contributed by atoms with van der Waals surface area (Å²) in [7, 11) is 1.64. The van der Waals surface area contributed by atoms with Gasteiger partial charge in [-0.05, 0) is 51.0 Å². The molecule has 7 nitrogen and oxygen atoms in total. The van der Waals surface area contributed by atoms with Crippen LogP contribution in [-0.4, -0.2) is 51.3 Å². The zero-order valence-corrected chi connectivity index (χ0v) is 15.9.